The summed E-state index contributed by atoms with van der Waals surface area (Å²) in [5.74, 6) is -2.00. The van der Waals surface area contributed by atoms with Crippen LogP contribution in [0.5, 0.6) is 28.7 Å². The number of aromatic hydroxyl groups is 3. The molecule has 1 fully saturated rings. The molecule has 1 saturated heterocycles. The van der Waals surface area contributed by atoms with Crippen molar-refractivity contribution >= 4 is 11.0 Å². The summed E-state index contributed by atoms with van der Waals surface area (Å²) in [5, 5.41) is 69.4. The van der Waals surface area contributed by atoms with Crippen molar-refractivity contribution < 1.29 is 54.4 Å². The Morgan fingerprint density at radius 3 is 2.38 bits per heavy atom. The molecule has 4 rings (SSSR count). The minimum absolute atomic E-state index is 0.0257. The summed E-state index contributed by atoms with van der Waals surface area (Å²) in [5.41, 5.74) is -0.959. The van der Waals surface area contributed by atoms with Crippen LogP contribution in [-0.4, -0.2) is 80.2 Å². The monoisotopic (exact) mass is 478 g/mol. The molecule has 2 aromatic carbocycles. The number of phenols is 3. The van der Waals surface area contributed by atoms with Gasteiger partial charge >= 0.3 is 0 Å². The van der Waals surface area contributed by atoms with Crippen LogP contribution in [-0.2, 0) is 4.74 Å². The van der Waals surface area contributed by atoms with E-state index in [1.54, 1.807) is 0 Å². The van der Waals surface area contributed by atoms with E-state index in [4.69, 9.17) is 18.6 Å². The average molecular weight is 478 g/mol. The molecular weight excluding hydrogens is 456 g/mol. The van der Waals surface area contributed by atoms with Crippen LogP contribution in [0, 0.1) is 0 Å². The minimum atomic E-state index is -1.83. The maximum Gasteiger partial charge on any atom is 0.239 e. The molecule has 3 aromatic rings. The molecule has 7 N–H and O–H groups in total. The van der Waals surface area contributed by atoms with Gasteiger partial charge in [0.2, 0.25) is 17.5 Å². The molecule has 1 aliphatic rings. The third-order valence-corrected chi connectivity index (χ3v) is 5.44. The van der Waals surface area contributed by atoms with Crippen molar-refractivity contribution in [3.8, 4) is 40.1 Å². The van der Waals surface area contributed by atoms with Crippen molar-refractivity contribution in [2.75, 3.05) is 13.7 Å². The van der Waals surface area contributed by atoms with Gasteiger partial charge in [-0.25, -0.2) is 0 Å². The number of ether oxygens (including phenoxy) is 3. The molecule has 5 atom stereocenters. The summed E-state index contributed by atoms with van der Waals surface area (Å²) >= 11 is 0. The quantitative estimate of drug-likeness (QED) is 0.254. The van der Waals surface area contributed by atoms with Crippen molar-refractivity contribution in [1.82, 2.24) is 0 Å². The molecular formula is C22H22O12. The minimum Gasteiger partial charge on any atom is -0.508 e. The van der Waals surface area contributed by atoms with Crippen LogP contribution in [0.3, 0.4) is 0 Å². The third-order valence-electron chi connectivity index (χ3n) is 5.44. The summed E-state index contributed by atoms with van der Waals surface area (Å²) in [6, 6.07) is 5.96. The number of fused-ring (bicyclic) bond motifs is 1. The van der Waals surface area contributed by atoms with E-state index in [1.165, 1.54) is 25.3 Å². The Hall–Kier alpha value is -3.55. The highest BCUT2D eigenvalue weighted by Crippen LogP contribution is 2.39. The van der Waals surface area contributed by atoms with Crippen LogP contribution in [0.4, 0.5) is 0 Å². The summed E-state index contributed by atoms with van der Waals surface area (Å²) in [6.45, 7) is -0.723. The molecule has 0 radical (unpaired) electrons. The van der Waals surface area contributed by atoms with Gasteiger partial charge in [-0.05, 0) is 18.2 Å². The lowest BCUT2D eigenvalue weighted by Crippen LogP contribution is -2.60. The molecule has 0 spiro atoms. The molecule has 0 aliphatic carbocycles. The predicted octanol–water partition coefficient (Wildman–Crippen LogP) is -0.236. The molecule has 0 bridgehead atoms. The van der Waals surface area contributed by atoms with Crippen LogP contribution in [0.2, 0.25) is 0 Å². The second kappa shape index (κ2) is 9.00. The Labute approximate surface area is 191 Å². The predicted molar refractivity (Wildman–Crippen MR) is 114 cm³/mol. The Bertz CT molecular complexity index is 1270. The second-order valence-corrected chi connectivity index (χ2v) is 7.63. The van der Waals surface area contributed by atoms with E-state index in [0.717, 1.165) is 12.1 Å². The maximum atomic E-state index is 13.3. The number of aliphatic hydroxyl groups excluding tert-OH is 4. The first kappa shape index (κ1) is 23.6. The molecule has 12 heteroatoms. The van der Waals surface area contributed by atoms with Crippen molar-refractivity contribution in [3.63, 3.8) is 0 Å². The van der Waals surface area contributed by atoms with E-state index in [2.05, 4.69) is 0 Å². The van der Waals surface area contributed by atoms with Gasteiger partial charge in [0.05, 0.1) is 13.7 Å². The Morgan fingerprint density at radius 2 is 1.71 bits per heavy atom. The first-order chi connectivity index (χ1) is 16.2. The second-order valence-electron chi connectivity index (χ2n) is 7.63. The molecule has 12 nitrogen and oxygen atoms in total. The molecule has 182 valence electrons. The van der Waals surface area contributed by atoms with E-state index < -0.39 is 54.2 Å². The fourth-order valence-electron chi connectivity index (χ4n) is 3.67. The molecule has 0 saturated carbocycles. The highest BCUT2D eigenvalue weighted by atomic mass is 16.7. The smallest absolute Gasteiger partial charge is 0.239 e. The van der Waals surface area contributed by atoms with Crippen molar-refractivity contribution in [3.05, 3.63) is 40.6 Å². The standard InChI is InChI=1S/C22H22O12/c1-31-12-4-8(2-3-10(12)25)20-21(17(28)15-11(26)5-9(24)6-13(15)32-20)34-22-19(30)18(29)16(27)14(7-23)33-22/h2-6,14,16,18-19,22-27,29-30H,7H2,1H3/t14-,16-,18?,19?,22-/m1/s1. The van der Waals surface area contributed by atoms with Gasteiger partial charge in [-0.1, -0.05) is 0 Å². The Kier molecular flexibility index (Phi) is 6.25. The summed E-state index contributed by atoms with van der Waals surface area (Å²) in [6.07, 6.45) is -8.29. The van der Waals surface area contributed by atoms with Crippen LogP contribution in [0.1, 0.15) is 0 Å². The van der Waals surface area contributed by atoms with Crippen molar-refractivity contribution in [1.29, 1.82) is 0 Å². The zero-order chi connectivity index (χ0) is 24.7. The maximum absolute atomic E-state index is 13.3. The summed E-state index contributed by atoms with van der Waals surface area (Å²) in [4.78, 5) is 13.3. The molecule has 1 aliphatic heterocycles. The van der Waals surface area contributed by atoms with Gasteiger partial charge < -0.3 is 54.4 Å². The topological polar surface area (TPSA) is 200 Å². The lowest BCUT2D eigenvalue weighted by atomic mass is 9.99. The lowest BCUT2D eigenvalue weighted by Gasteiger charge is -2.39. The average Bonchev–Trinajstić information content (AvgIpc) is 2.80. The van der Waals surface area contributed by atoms with Gasteiger partial charge in [0.15, 0.2) is 17.3 Å². The molecule has 0 amide bonds. The van der Waals surface area contributed by atoms with Gasteiger partial charge in [0.25, 0.3) is 0 Å². The molecule has 34 heavy (non-hydrogen) atoms. The van der Waals surface area contributed by atoms with E-state index in [1.807, 2.05) is 0 Å². The largest absolute Gasteiger partial charge is 0.508 e. The van der Waals surface area contributed by atoms with Gasteiger partial charge in [-0.2, -0.15) is 0 Å². The van der Waals surface area contributed by atoms with E-state index in [0.29, 0.717) is 0 Å². The fraction of sp³-hybridized carbons (Fsp3) is 0.318. The third kappa shape index (κ3) is 3.97. The number of hydrogen-bond donors (Lipinski definition) is 7. The van der Waals surface area contributed by atoms with Gasteiger partial charge in [0.1, 0.15) is 46.9 Å². The van der Waals surface area contributed by atoms with Crippen LogP contribution in [0.15, 0.2) is 39.5 Å². The summed E-state index contributed by atoms with van der Waals surface area (Å²) < 4.78 is 21.8. The summed E-state index contributed by atoms with van der Waals surface area (Å²) in [7, 11) is 1.30. The highest BCUT2D eigenvalue weighted by molar-refractivity contribution is 5.88. The fourth-order valence-corrected chi connectivity index (χ4v) is 3.67. The lowest BCUT2D eigenvalue weighted by molar-refractivity contribution is -0.277. The van der Waals surface area contributed by atoms with Crippen LogP contribution in [0.25, 0.3) is 22.3 Å². The van der Waals surface area contributed by atoms with Gasteiger partial charge in [-0.15, -0.1) is 0 Å². The molecule has 2 heterocycles. The Balaban J connectivity index is 1.92. The number of methoxy groups -OCH3 is 1. The van der Waals surface area contributed by atoms with Crippen LogP contribution >= 0.6 is 0 Å². The van der Waals surface area contributed by atoms with Gasteiger partial charge in [-0.3, -0.25) is 4.79 Å². The number of benzene rings is 2. The number of aliphatic hydroxyl groups is 4. The van der Waals surface area contributed by atoms with Gasteiger partial charge in [0, 0.05) is 17.7 Å². The first-order valence-electron chi connectivity index (χ1n) is 10.0. The van der Waals surface area contributed by atoms with E-state index in [9.17, 15) is 40.5 Å². The SMILES string of the molecule is COc1cc(-c2oc3cc(O)cc(O)c3c(=O)c2O[C@H]2O[C@H](CO)[C@@H](O)C(O)C2O)ccc1O. The number of phenolic OH excluding ortho intramolecular Hbond substituents is 3. The molecule has 2 unspecified atom stereocenters. The van der Waals surface area contributed by atoms with Crippen LogP contribution < -0.4 is 14.9 Å². The first-order valence-corrected chi connectivity index (χ1v) is 10.0. The van der Waals surface area contributed by atoms with Crippen molar-refractivity contribution in [2.45, 2.75) is 30.7 Å². The Morgan fingerprint density at radius 1 is 0.971 bits per heavy atom. The van der Waals surface area contributed by atoms with E-state index >= 15 is 0 Å². The van der Waals surface area contributed by atoms with E-state index in [-0.39, 0.29) is 39.5 Å². The number of rotatable bonds is 5. The highest BCUT2D eigenvalue weighted by Gasteiger charge is 2.45. The normalized spacial score (nSPS) is 24.8. The van der Waals surface area contributed by atoms with Crippen molar-refractivity contribution in [2.24, 2.45) is 0 Å². The zero-order valence-corrected chi connectivity index (χ0v) is 17.7. The molecule has 1 aromatic heterocycles. The zero-order valence-electron chi connectivity index (χ0n) is 17.7. The number of hydrogen-bond acceptors (Lipinski definition) is 12.